The summed E-state index contributed by atoms with van der Waals surface area (Å²) in [4.78, 5) is 12.5. The van der Waals surface area contributed by atoms with Crippen molar-refractivity contribution >= 4 is 22.5 Å². The van der Waals surface area contributed by atoms with E-state index in [0.717, 1.165) is 16.5 Å². The number of hydrazone groups is 1. The molecule has 0 saturated carbocycles. The fourth-order valence-corrected chi connectivity index (χ4v) is 2.78. The van der Waals surface area contributed by atoms with Crippen LogP contribution in [0.4, 0.5) is 0 Å². The van der Waals surface area contributed by atoms with Crippen molar-refractivity contribution in [1.82, 2.24) is 9.99 Å². The van der Waals surface area contributed by atoms with Crippen molar-refractivity contribution in [2.24, 2.45) is 16.8 Å². The van der Waals surface area contributed by atoms with Gasteiger partial charge >= 0.3 is 0 Å². The Kier molecular flexibility index (Phi) is 4.58. The van der Waals surface area contributed by atoms with Crippen molar-refractivity contribution in [3.63, 3.8) is 0 Å². The standard InChI is InChI=1S/C18H19N5O/c19-21-18(22-20)10-14-11-23(16-9-5-4-8-15(14)16)12-17(24)13-6-2-1-3-7-13/h1-9,11H,10,12,19-20H2,(H,21,22). The largest absolute Gasteiger partial charge is 0.339 e. The van der Waals surface area contributed by atoms with E-state index in [-0.39, 0.29) is 12.3 Å². The van der Waals surface area contributed by atoms with Crippen LogP contribution in [0.15, 0.2) is 65.9 Å². The molecular weight excluding hydrogens is 302 g/mol. The van der Waals surface area contributed by atoms with E-state index in [2.05, 4.69) is 10.5 Å². The van der Waals surface area contributed by atoms with Gasteiger partial charge in [-0.2, -0.15) is 5.10 Å². The number of rotatable bonds is 5. The minimum Gasteiger partial charge on any atom is -0.339 e. The van der Waals surface area contributed by atoms with Crippen LogP contribution in [0.3, 0.4) is 0 Å². The highest BCUT2D eigenvalue weighted by atomic mass is 16.1. The number of Topliss-reactive ketones (excluding diaryl/α,β-unsaturated/α-hetero) is 1. The van der Waals surface area contributed by atoms with Crippen LogP contribution in [0.5, 0.6) is 0 Å². The number of fused-ring (bicyclic) bond motifs is 1. The van der Waals surface area contributed by atoms with Gasteiger partial charge in [-0.15, -0.1) is 0 Å². The van der Waals surface area contributed by atoms with Crippen molar-refractivity contribution in [3.05, 3.63) is 71.9 Å². The van der Waals surface area contributed by atoms with Gasteiger partial charge in [0.1, 0.15) is 5.84 Å². The van der Waals surface area contributed by atoms with Gasteiger partial charge in [-0.3, -0.25) is 4.79 Å². The highest BCUT2D eigenvalue weighted by Gasteiger charge is 2.13. The Hall–Kier alpha value is -3.12. The second kappa shape index (κ2) is 6.97. The van der Waals surface area contributed by atoms with E-state index in [1.54, 1.807) is 0 Å². The van der Waals surface area contributed by atoms with Crippen molar-refractivity contribution in [3.8, 4) is 0 Å². The van der Waals surface area contributed by atoms with Gasteiger partial charge in [-0.25, -0.2) is 5.84 Å². The molecule has 2 aromatic carbocycles. The molecule has 0 fully saturated rings. The average Bonchev–Trinajstić information content (AvgIpc) is 2.98. The van der Waals surface area contributed by atoms with Crippen LogP contribution in [0.25, 0.3) is 10.9 Å². The van der Waals surface area contributed by atoms with Gasteiger partial charge < -0.3 is 15.8 Å². The van der Waals surface area contributed by atoms with Crippen LogP contribution in [0, 0.1) is 0 Å². The summed E-state index contributed by atoms with van der Waals surface area (Å²) >= 11 is 0. The monoisotopic (exact) mass is 321 g/mol. The molecule has 1 heterocycles. The number of nitrogens with zero attached hydrogens (tertiary/aromatic N) is 2. The molecular formula is C18H19N5O. The maximum Gasteiger partial charge on any atom is 0.182 e. The zero-order chi connectivity index (χ0) is 16.9. The molecule has 5 N–H and O–H groups in total. The summed E-state index contributed by atoms with van der Waals surface area (Å²) in [5.74, 6) is 11.3. The smallest absolute Gasteiger partial charge is 0.182 e. The fourth-order valence-electron chi connectivity index (χ4n) is 2.78. The number of nitrogens with two attached hydrogens (primary N) is 2. The lowest BCUT2D eigenvalue weighted by molar-refractivity contribution is 0.0973. The van der Waals surface area contributed by atoms with Gasteiger partial charge in [0.25, 0.3) is 0 Å². The maximum atomic E-state index is 12.5. The molecule has 0 unspecified atom stereocenters. The van der Waals surface area contributed by atoms with E-state index in [1.165, 1.54) is 0 Å². The fraction of sp³-hybridized carbons (Fsp3) is 0.111. The van der Waals surface area contributed by atoms with Gasteiger partial charge in [0, 0.05) is 29.1 Å². The molecule has 0 aliphatic heterocycles. The first-order chi connectivity index (χ1) is 11.7. The summed E-state index contributed by atoms with van der Waals surface area (Å²) in [5.41, 5.74) is 5.19. The third-order valence-corrected chi connectivity index (χ3v) is 3.96. The van der Waals surface area contributed by atoms with Crippen LogP contribution in [-0.4, -0.2) is 16.2 Å². The molecule has 0 spiro atoms. The number of aromatic nitrogens is 1. The molecule has 6 heteroatoms. The third kappa shape index (κ3) is 3.13. The summed E-state index contributed by atoms with van der Waals surface area (Å²) in [6.45, 7) is 0.273. The highest BCUT2D eigenvalue weighted by molar-refractivity contribution is 5.97. The first-order valence-corrected chi connectivity index (χ1v) is 7.61. The maximum absolute atomic E-state index is 12.5. The van der Waals surface area contributed by atoms with E-state index in [4.69, 9.17) is 11.7 Å². The molecule has 3 aromatic rings. The van der Waals surface area contributed by atoms with E-state index in [1.807, 2.05) is 65.4 Å². The highest BCUT2D eigenvalue weighted by Crippen LogP contribution is 2.22. The van der Waals surface area contributed by atoms with Gasteiger partial charge in [0.2, 0.25) is 0 Å². The van der Waals surface area contributed by atoms with Gasteiger partial charge in [0.05, 0.1) is 6.54 Å². The predicted molar refractivity (Wildman–Crippen MR) is 95.4 cm³/mol. The van der Waals surface area contributed by atoms with Crippen LogP contribution in [-0.2, 0) is 13.0 Å². The molecule has 0 amide bonds. The van der Waals surface area contributed by atoms with Crippen molar-refractivity contribution < 1.29 is 4.79 Å². The molecule has 122 valence electrons. The number of amidine groups is 1. The minimum atomic E-state index is 0.0626. The molecule has 0 radical (unpaired) electrons. The third-order valence-electron chi connectivity index (χ3n) is 3.96. The van der Waals surface area contributed by atoms with Crippen molar-refractivity contribution in [2.45, 2.75) is 13.0 Å². The zero-order valence-corrected chi connectivity index (χ0v) is 13.1. The Morgan fingerprint density at radius 1 is 1.08 bits per heavy atom. The first-order valence-electron chi connectivity index (χ1n) is 7.61. The predicted octanol–water partition coefficient (Wildman–Crippen LogP) is 1.80. The number of carbonyl (C=O) groups excluding carboxylic acids is 1. The lowest BCUT2D eigenvalue weighted by atomic mass is 10.1. The molecule has 0 saturated heterocycles. The number of para-hydroxylation sites is 1. The Morgan fingerprint density at radius 2 is 1.79 bits per heavy atom. The molecule has 3 rings (SSSR count). The first kappa shape index (κ1) is 15.8. The summed E-state index contributed by atoms with van der Waals surface area (Å²) < 4.78 is 1.95. The summed E-state index contributed by atoms with van der Waals surface area (Å²) in [5, 5.41) is 4.68. The Bertz CT molecular complexity index is 883. The molecule has 0 atom stereocenters. The molecule has 0 bridgehead atoms. The molecule has 1 aromatic heterocycles. The topological polar surface area (TPSA) is 98.4 Å². The van der Waals surface area contributed by atoms with E-state index >= 15 is 0 Å². The van der Waals surface area contributed by atoms with E-state index < -0.39 is 0 Å². The summed E-state index contributed by atoms with van der Waals surface area (Å²) in [7, 11) is 0. The Morgan fingerprint density at radius 3 is 2.50 bits per heavy atom. The van der Waals surface area contributed by atoms with Crippen molar-refractivity contribution in [1.29, 1.82) is 0 Å². The number of carbonyl (C=O) groups is 1. The molecule has 0 aliphatic rings. The zero-order valence-electron chi connectivity index (χ0n) is 13.1. The van der Waals surface area contributed by atoms with Gasteiger partial charge in [0.15, 0.2) is 5.78 Å². The van der Waals surface area contributed by atoms with Crippen LogP contribution in [0.2, 0.25) is 0 Å². The lowest BCUT2D eigenvalue weighted by Gasteiger charge is -2.04. The quantitative estimate of drug-likeness (QED) is 0.219. The Labute approximate surface area is 139 Å². The average molecular weight is 321 g/mol. The number of benzene rings is 2. The van der Waals surface area contributed by atoms with Crippen LogP contribution in [0.1, 0.15) is 15.9 Å². The SMILES string of the molecule is N/N=C(/Cc1cn(CC(=O)c2ccccc2)c2ccccc12)NN. The van der Waals surface area contributed by atoms with Crippen LogP contribution < -0.4 is 17.1 Å². The van der Waals surface area contributed by atoms with Crippen molar-refractivity contribution in [2.75, 3.05) is 0 Å². The normalized spacial score (nSPS) is 11.6. The summed E-state index contributed by atoms with van der Waals surface area (Å²) in [6.07, 6.45) is 2.42. The second-order valence-corrected chi connectivity index (χ2v) is 5.49. The Balaban J connectivity index is 1.95. The number of hydrazine groups is 1. The van der Waals surface area contributed by atoms with Crippen LogP contribution >= 0.6 is 0 Å². The number of ketones is 1. The van der Waals surface area contributed by atoms with Gasteiger partial charge in [-0.05, 0) is 11.6 Å². The van der Waals surface area contributed by atoms with E-state index in [0.29, 0.717) is 17.8 Å². The summed E-state index contributed by atoms with van der Waals surface area (Å²) in [6, 6.07) is 17.2. The number of hydrogen-bond acceptors (Lipinski definition) is 4. The lowest BCUT2D eigenvalue weighted by Crippen LogP contribution is -2.32. The molecule has 0 aliphatic carbocycles. The molecule has 24 heavy (non-hydrogen) atoms. The molecule has 6 nitrogen and oxygen atoms in total. The van der Waals surface area contributed by atoms with Gasteiger partial charge in [-0.1, -0.05) is 48.5 Å². The number of nitrogens with one attached hydrogen (secondary N) is 1. The number of hydrogen-bond donors (Lipinski definition) is 3. The minimum absolute atomic E-state index is 0.0626. The van der Waals surface area contributed by atoms with E-state index in [9.17, 15) is 4.79 Å². The second-order valence-electron chi connectivity index (χ2n) is 5.49.